The number of aryl methyl sites for hydroxylation is 1. The highest BCUT2D eigenvalue weighted by molar-refractivity contribution is 7.80. The standard InChI is InChI=1S/C19H21ClN2O2S/c1-12-5-3-6-16(13(12)2)22-19(25)21-11-14-9-15(20)18-17(10-14)23-7-4-8-24-18/h3,5-6,9-10H,4,7-8,11H2,1-2H3,(H2,21,22,25). The van der Waals surface area contributed by atoms with Crippen molar-refractivity contribution >= 4 is 34.6 Å². The molecule has 0 bridgehead atoms. The number of hydrogen-bond acceptors (Lipinski definition) is 3. The van der Waals surface area contributed by atoms with Crippen LogP contribution in [0, 0.1) is 13.8 Å². The second-order valence-electron chi connectivity index (χ2n) is 6.01. The molecule has 0 aromatic heterocycles. The summed E-state index contributed by atoms with van der Waals surface area (Å²) in [4.78, 5) is 0. The van der Waals surface area contributed by atoms with Gasteiger partial charge in [-0.3, -0.25) is 0 Å². The Balaban J connectivity index is 1.65. The zero-order valence-electron chi connectivity index (χ0n) is 14.3. The normalized spacial score (nSPS) is 13.1. The number of benzene rings is 2. The van der Waals surface area contributed by atoms with Crippen LogP contribution in [-0.2, 0) is 6.54 Å². The molecule has 0 saturated carbocycles. The Kier molecular flexibility index (Phi) is 5.66. The summed E-state index contributed by atoms with van der Waals surface area (Å²) in [6, 6.07) is 9.93. The van der Waals surface area contributed by atoms with Gasteiger partial charge in [-0.1, -0.05) is 23.7 Å². The Labute approximate surface area is 158 Å². The van der Waals surface area contributed by atoms with Crippen molar-refractivity contribution in [3.05, 3.63) is 52.0 Å². The van der Waals surface area contributed by atoms with Gasteiger partial charge >= 0.3 is 0 Å². The van der Waals surface area contributed by atoms with Crippen LogP contribution in [0.15, 0.2) is 30.3 Å². The second kappa shape index (κ2) is 7.93. The van der Waals surface area contributed by atoms with Crippen LogP contribution < -0.4 is 20.1 Å². The summed E-state index contributed by atoms with van der Waals surface area (Å²) in [5.41, 5.74) is 4.40. The lowest BCUT2D eigenvalue weighted by Crippen LogP contribution is -2.28. The van der Waals surface area contributed by atoms with Gasteiger partial charge in [0.1, 0.15) is 0 Å². The molecule has 1 aliphatic rings. The molecule has 0 atom stereocenters. The van der Waals surface area contributed by atoms with Crippen molar-refractivity contribution in [2.24, 2.45) is 0 Å². The van der Waals surface area contributed by atoms with Crippen molar-refractivity contribution in [1.29, 1.82) is 0 Å². The van der Waals surface area contributed by atoms with E-state index in [-0.39, 0.29) is 0 Å². The summed E-state index contributed by atoms with van der Waals surface area (Å²) >= 11 is 11.7. The molecule has 1 heterocycles. The minimum atomic E-state index is 0.549. The van der Waals surface area contributed by atoms with Crippen molar-refractivity contribution < 1.29 is 9.47 Å². The predicted molar refractivity (Wildman–Crippen MR) is 106 cm³/mol. The first-order valence-electron chi connectivity index (χ1n) is 8.23. The van der Waals surface area contributed by atoms with E-state index in [0.29, 0.717) is 41.4 Å². The van der Waals surface area contributed by atoms with Gasteiger partial charge in [-0.2, -0.15) is 0 Å². The number of thiocarbonyl (C=S) groups is 1. The van der Waals surface area contributed by atoms with Crippen LogP contribution in [0.1, 0.15) is 23.1 Å². The SMILES string of the molecule is Cc1cccc(NC(=S)NCc2cc(Cl)c3c(c2)OCCCO3)c1C. The Morgan fingerprint density at radius 1 is 1.20 bits per heavy atom. The van der Waals surface area contributed by atoms with Crippen LogP contribution >= 0.6 is 23.8 Å². The van der Waals surface area contributed by atoms with Gasteiger partial charge in [0.15, 0.2) is 16.6 Å². The molecule has 0 unspecified atom stereocenters. The number of fused-ring (bicyclic) bond motifs is 1. The van der Waals surface area contributed by atoms with Crippen molar-refractivity contribution in [2.75, 3.05) is 18.5 Å². The molecule has 0 saturated heterocycles. The minimum absolute atomic E-state index is 0.549. The van der Waals surface area contributed by atoms with Gasteiger partial charge in [0, 0.05) is 18.7 Å². The third-order valence-electron chi connectivity index (χ3n) is 4.17. The molecule has 25 heavy (non-hydrogen) atoms. The van der Waals surface area contributed by atoms with Gasteiger partial charge in [0.05, 0.1) is 18.2 Å². The lowest BCUT2D eigenvalue weighted by atomic mass is 10.1. The lowest BCUT2D eigenvalue weighted by molar-refractivity contribution is 0.297. The molecule has 4 nitrogen and oxygen atoms in total. The van der Waals surface area contributed by atoms with Crippen molar-refractivity contribution in [3.63, 3.8) is 0 Å². The number of nitrogens with one attached hydrogen (secondary N) is 2. The van der Waals surface area contributed by atoms with Gasteiger partial charge in [-0.15, -0.1) is 0 Å². The van der Waals surface area contributed by atoms with E-state index in [1.54, 1.807) is 0 Å². The first-order chi connectivity index (χ1) is 12.0. The van der Waals surface area contributed by atoms with E-state index in [4.69, 9.17) is 33.3 Å². The van der Waals surface area contributed by atoms with E-state index in [0.717, 1.165) is 17.7 Å². The fourth-order valence-electron chi connectivity index (χ4n) is 2.62. The van der Waals surface area contributed by atoms with Gasteiger partial charge in [-0.25, -0.2) is 0 Å². The maximum absolute atomic E-state index is 6.32. The monoisotopic (exact) mass is 376 g/mol. The number of ether oxygens (including phenoxy) is 2. The number of rotatable bonds is 3. The summed E-state index contributed by atoms with van der Waals surface area (Å²) in [5, 5.41) is 7.58. The molecule has 0 fully saturated rings. The van der Waals surface area contributed by atoms with Crippen LogP contribution in [0.3, 0.4) is 0 Å². The average Bonchev–Trinajstić information content (AvgIpc) is 2.83. The molecule has 0 radical (unpaired) electrons. The molecule has 1 aliphatic heterocycles. The second-order valence-corrected chi connectivity index (χ2v) is 6.83. The van der Waals surface area contributed by atoms with Gasteiger partial charge < -0.3 is 20.1 Å². The smallest absolute Gasteiger partial charge is 0.179 e. The fraction of sp³-hybridized carbons (Fsp3) is 0.316. The molecule has 6 heteroatoms. The van der Waals surface area contributed by atoms with Crippen LogP contribution in [0.25, 0.3) is 0 Å². The maximum atomic E-state index is 6.32. The lowest BCUT2D eigenvalue weighted by Gasteiger charge is -2.15. The Morgan fingerprint density at radius 2 is 2.00 bits per heavy atom. The van der Waals surface area contributed by atoms with Crippen molar-refractivity contribution in [1.82, 2.24) is 5.32 Å². The van der Waals surface area contributed by atoms with E-state index in [9.17, 15) is 0 Å². The number of anilines is 1. The quantitative estimate of drug-likeness (QED) is 0.766. The Bertz CT molecular complexity index is 795. The number of hydrogen-bond donors (Lipinski definition) is 2. The highest BCUT2D eigenvalue weighted by atomic mass is 35.5. The summed E-state index contributed by atoms with van der Waals surface area (Å²) in [7, 11) is 0. The zero-order valence-corrected chi connectivity index (χ0v) is 15.9. The molecule has 0 aliphatic carbocycles. The third kappa shape index (κ3) is 4.35. The van der Waals surface area contributed by atoms with Crippen molar-refractivity contribution in [2.45, 2.75) is 26.8 Å². The first kappa shape index (κ1) is 17.8. The van der Waals surface area contributed by atoms with E-state index in [1.807, 2.05) is 24.3 Å². The maximum Gasteiger partial charge on any atom is 0.179 e. The first-order valence-corrected chi connectivity index (χ1v) is 9.02. The zero-order chi connectivity index (χ0) is 17.8. The molecule has 2 aromatic rings. The largest absolute Gasteiger partial charge is 0.489 e. The molecule has 132 valence electrons. The Morgan fingerprint density at radius 3 is 2.84 bits per heavy atom. The molecular formula is C19H21ClN2O2S. The van der Waals surface area contributed by atoms with E-state index in [1.165, 1.54) is 11.1 Å². The van der Waals surface area contributed by atoms with Crippen LogP contribution in [0.5, 0.6) is 11.5 Å². The number of halogens is 1. The Hall–Kier alpha value is -1.98. The van der Waals surface area contributed by atoms with Gasteiger partial charge in [0.2, 0.25) is 0 Å². The highest BCUT2D eigenvalue weighted by Crippen LogP contribution is 2.37. The van der Waals surface area contributed by atoms with Gasteiger partial charge in [0.25, 0.3) is 0 Å². The van der Waals surface area contributed by atoms with Gasteiger partial charge in [-0.05, 0) is 61.0 Å². The van der Waals surface area contributed by atoms with E-state index >= 15 is 0 Å². The van der Waals surface area contributed by atoms with Crippen LogP contribution in [0.2, 0.25) is 5.02 Å². The molecule has 2 N–H and O–H groups in total. The average molecular weight is 377 g/mol. The van der Waals surface area contributed by atoms with E-state index < -0.39 is 0 Å². The molecule has 0 amide bonds. The van der Waals surface area contributed by atoms with Crippen LogP contribution in [-0.4, -0.2) is 18.3 Å². The summed E-state index contributed by atoms with van der Waals surface area (Å²) < 4.78 is 11.4. The predicted octanol–water partition coefficient (Wildman–Crippen LogP) is 4.60. The highest BCUT2D eigenvalue weighted by Gasteiger charge is 2.15. The third-order valence-corrected chi connectivity index (χ3v) is 4.70. The van der Waals surface area contributed by atoms with Crippen molar-refractivity contribution in [3.8, 4) is 11.5 Å². The fourth-order valence-corrected chi connectivity index (χ4v) is 3.09. The summed E-state index contributed by atoms with van der Waals surface area (Å²) in [6.07, 6.45) is 0.850. The summed E-state index contributed by atoms with van der Waals surface area (Å²) in [6.45, 7) is 5.95. The molecule has 3 rings (SSSR count). The molecular weight excluding hydrogens is 356 g/mol. The topological polar surface area (TPSA) is 42.5 Å². The molecule has 2 aromatic carbocycles. The van der Waals surface area contributed by atoms with Crippen LogP contribution in [0.4, 0.5) is 5.69 Å². The minimum Gasteiger partial charge on any atom is -0.489 e. The molecule has 0 spiro atoms. The summed E-state index contributed by atoms with van der Waals surface area (Å²) in [5.74, 6) is 1.31. The van der Waals surface area contributed by atoms with E-state index in [2.05, 4.69) is 30.5 Å².